The van der Waals surface area contributed by atoms with Crippen molar-refractivity contribution in [2.45, 2.75) is 32.6 Å². The van der Waals surface area contributed by atoms with Crippen molar-refractivity contribution in [3.8, 4) is 11.5 Å². The van der Waals surface area contributed by atoms with Crippen LogP contribution in [0.15, 0.2) is 54.7 Å². The van der Waals surface area contributed by atoms with Crippen molar-refractivity contribution < 1.29 is 31.9 Å². The van der Waals surface area contributed by atoms with Crippen LogP contribution in [0.1, 0.15) is 35.5 Å². The summed E-state index contributed by atoms with van der Waals surface area (Å²) in [6, 6.07) is 9.61. The third-order valence-electron chi connectivity index (χ3n) is 6.82. The second-order valence-corrected chi connectivity index (χ2v) is 10.1. The zero-order chi connectivity index (χ0) is 30.4. The number of amides is 3. The molecule has 2 heterocycles. The number of carbonyl (C=O) groups excluding carboxylic acids is 2. The van der Waals surface area contributed by atoms with E-state index in [0.717, 1.165) is 25.2 Å². The van der Waals surface area contributed by atoms with Crippen molar-refractivity contribution in [3.05, 3.63) is 77.4 Å². The van der Waals surface area contributed by atoms with Crippen molar-refractivity contribution in [1.29, 1.82) is 0 Å². The topological polar surface area (TPSA) is 98.8 Å². The Hall–Kier alpha value is -4.23. The smallest absolute Gasteiger partial charge is 0.416 e. The molecule has 3 amide bonds. The van der Waals surface area contributed by atoms with E-state index in [1.165, 1.54) is 49.6 Å². The first kappa shape index (κ1) is 30.7. The summed E-state index contributed by atoms with van der Waals surface area (Å²) in [7, 11) is 1.45. The number of nitrogens with zero attached hydrogens (tertiary/aromatic N) is 3. The lowest BCUT2D eigenvalue weighted by Gasteiger charge is -2.37. The maximum absolute atomic E-state index is 14.7. The van der Waals surface area contributed by atoms with Gasteiger partial charge in [0.15, 0.2) is 0 Å². The quantitative estimate of drug-likeness (QED) is 0.298. The summed E-state index contributed by atoms with van der Waals surface area (Å²) in [6.45, 7) is 7.20. The molecule has 42 heavy (non-hydrogen) atoms. The number of halogens is 4. The SMILES string of the molecule is CNC(=O)c1cc(Oc2ccc(NC(=O)Nc3ccc(CN4CCN(C(C)C)CC4)c(C(F)(F)F)c3)c(F)c2)ccn1. The van der Waals surface area contributed by atoms with Gasteiger partial charge in [-0.2, -0.15) is 13.2 Å². The lowest BCUT2D eigenvalue weighted by Crippen LogP contribution is -2.48. The molecule has 3 aromatic rings. The van der Waals surface area contributed by atoms with Gasteiger partial charge in [0.2, 0.25) is 0 Å². The van der Waals surface area contributed by atoms with Crippen molar-refractivity contribution in [3.63, 3.8) is 0 Å². The van der Waals surface area contributed by atoms with Crippen LogP contribution in [0.2, 0.25) is 0 Å². The summed E-state index contributed by atoms with van der Waals surface area (Å²) in [6.07, 6.45) is -3.26. The van der Waals surface area contributed by atoms with Crippen LogP contribution in [-0.4, -0.2) is 66.0 Å². The molecule has 1 aliphatic rings. The maximum atomic E-state index is 14.7. The lowest BCUT2D eigenvalue weighted by molar-refractivity contribution is -0.138. The van der Waals surface area contributed by atoms with Crippen molar-refractivity contribution >= 4 is 23.3 Å². The molecule has 0 unspecified atom stereocenters. The van der Waals surface area contributed by atoms with Crippen molar-refractivity contribution in [2.24, 2.45) is 0 Å². The number of piperazine rings is 1. The monoisotopic (exact) mass is 588 g/mol. The molecule has 1 saturated heterocycles. The fourth-order valence-corrected chi connectivity index (χ4v) is 4.54. The Bertz CT molecular complexity index is 1420. The fourth-order valence-electron chi connectivity index (χ4n) is 4.54. The Balaban J connectivity index is 1.40. The first-order chi connectivity index (χ1) is 19.9. The summed E-state index contributed by atoms with van der Waals surface area (Å²) in [5, 5.41) is 7.07. The third kappa shape index (κ3) is 7.95. The Kier molecular flexibility index (Phi) is 9.63. The van der Waals surface area contributed by atoms with Crippen molar-refractivity contribution in [2.75, 3.05) is 43.9 Å². The van der Waals surface area contributed by atoms with E-state index in [1.54, 1.807) is 0 Å². The minimum Gasteiger partial charge on any atom is -0.457 e. The van der Waals surface area contributed by atoms with Gasteiger partial charge in [-0.1, -0.05) is 6.07 Å². The Labute approximate surface area is 240 Å². The van der Waals surface area contributed by atoms with Crippen molar-refractivity contribution in [1.82, 2.24) is 20.1 Å². The van der Waals surface area contributed by atoms with Gasteiger partial charge in [-0.15, -0.1) is 0 Å². The zero-order valence-electron chi connectivity index (χ0n) is 23.4. The maximum Gasteiger partial charge on any atom is 0.416 e. The molecule has 0 aliphatic carbocycles. The molecule has 3 N–H and O–H groups in total. The number of alkyl halides is 3. The first-order valence-electron chi connectivity index (χ1n) is 13.3. The highest BCUT2D eigenvalue weighted by atomic mass is 19.4. The predicted molar refractivity (Wildman–Crippen MR) is 150 cm³/mol. The van der Waals surface area contributed by atoms with Gasteiger partial charge >= 0.3 is 12.2 Å². The van der Waals surface area contributed by atoms with E-state index in [9.17, 15) is 27.2 Å². The highest BCUT2D eigenvalue weighted by molar-refractivity contribution is 6.00. The van der Waals surface area contributed by atoms with Gasteiger partial charge < -0.3 is 20.7 Å². The molecule has 0 atom stereocenters. The number of urea groups is 1. The summed E-state index contributed by atoms with van der Waals surface area (Å²) in [5.74, 6) is -0.937. The minimum atomic E-state index is -4.62. The van der Waals surface area contributed by atoms with Gasteiger partial charge in [0.1, 0.15) is 23.0 Å². The summed E-state index contributed by atoms with van der Waals surface area (Å²) in [5.41, 5.74) is -0.914. The summed E-state index contributed by atoms with van der Waals surface area (Å²) < 4.78 is 62.1. The van der Waals surface area contributed by atoms with Gasteiger partial charge in [0.25, 0.3) is 5.91 Å². The molecule has 1 aliphatic heterocycles. The van der Waals surface area contributed by atoms with E-state index in [0.29, 0.717) is 19.1 Å². The van der Waals surface area contributed by atoms with Gasteiger partial charge in [-0.25, -0.2) is 9.18 Å². The predicted octanol–water partition coefficient (Wildman–Crippen LogP) is 5.56. The molecule has 13 heteroatoms. The average Bonchev–Trinajstić information content (AvgIpc) is 2.94. The van der Waals surface area contributed by atoms with Crippen LogP contribution in [0.3, 0.4) is 0 Å². The lowest BCUT2D eigenvalue weighted by atomic mass is 10.0. The van der Waals surface area contributed by atoms with E-state index in [1.807, 2.05) is 4.90 Å². The molecular formula is C29H32F4N6O3. The fraction of sp³-hybridized carbons (Fsp3) is 0.345. The van der Waals surface area contributed by atoms with E-state index >= 15 is 0 Å². The Morgan fingerprint density at radius 1 is 0.976 bits per heavy atom. The van der Waals surface area contributed by atoms with Crippen LogP contribution in [0, 0.1) is 5.82 Å². The second kappa shape index (κ2) is 13.2. The summed E-state index contributed by atoms with van der Waals surface area (Å²) >= 11 is 0. The molecule has 0 saturated carbocycles. The number of carbonyl (C=O) groups is 2. The zero-order valence-corrected chi connectivity index (χ0v) is 23.4. The van der Waals surface area contributed by atoms with Crippen LogP contribution in [0.5, 0.6) is 11.5 Å². The van der Waals surface area contributed by atoms with Crippen LogP contribution in [0.25, 0.3) is 0 Å². The molecule has 0 bridgehead atoms. The van der Waals surface area contributed by atoms with E-state index < -0.39 is 29.5 Å². The number of aromatic nitrogens is 1. The Morgan fingerprint density at radius 3 is 2.33 bits per heavy atom. The molecule has 1 fully saturated rings. The molecule has 0 spiro atoms. The standard InChI is InChI=1S/C29H32F4N6O3/c1-18(2)39-12-10-38(11-13-39)17-19-4-5-20(14-23(19)29(31,32)33)36-28(41)37-25-7-6-21(15-24(25)30)42-22-8-9-35-26(16-22)27(40)34-3/h4-9,14-16,18H,10-13,17H2,1-3H3,(H,34,40)(H2,36,37,41). The van der Waals surface area contributed by atoms with E-state index in [2.05, 4.69) is 39.7 Å². The molecule has 4 rings (SSSR count). The highest BCUT2D eigenvalue weighted by Gasteiger charge is 2.34. The minimum absolute atomic E-state index is 0.0850. The third-order valence-corrected chi connectivity index (χ3v) is 6.82. The van der Waals surface area contributed by atoms with E-state index in [-0.39, 0.29) is 40.7 Å². The summed E-state index contributed by atoms with van der Waals surface area (Å²) in [4.78, 5) is 32.5. The number of nitrogens with one attached hydrogen (secondary N) is 3. The number of anilines is 2. The molecule has 2 aromatic carbocycles. The second-order valence-electron chi connectivity index (χ2n) is 10.1. The average molecular weight is 589 g/mol. The number of benzene rings is 2. The number of rotatable bonds is 8. The van der Waals surface area contributed by atoms with Crippen LogP contribution in [-0.2, 0) is 12.7 Å². The highest BCUT2D eigenvalue weighted by Crippen LogP contribution is 2.35. The van der Waals surface area contributed by atoms with Crippen LogP contribution in [0.4, 0.5) is 33.7 Å². The van der Waals surface area contributed by atoms with Crippen LogP contribution < -0.4 is 20.7 Å². The number of ether oxygens (including phenoxy) is 1. The largest absolute Gasteiger partial charge is 0.457 e. The molecule has 0 radical (unpaired) electrons. The van der Waals surface area contributed by atoms with E-state index in [4.69, 9.17) is 4.74 Å². The number of hydrogen-bond acceptors (Lipinski definition) is 6. The molecule has 9 nitrogen and oxygen atoms in total. The van der Waals surface area contributed by atoms with Gasteiger partial charge in [-0.3, -0.25) is 19.6 Å². The molecule has 224 valence electrons. The number of hydrogen-bond donors (Lipinski definition) is 3. The van der Waals surface area contributed by atoms with Crippen LogP contribution >= 0.6 is 0 Å². The number of pyridine rings is 1. The molecule has 1 aromatic heterocycles. The normalized spacial score (nSPS) is 14.5. The first-order valence-corrected chi connectivity index (χ1v) is 13.3. The molecular weight excluding hydrogens is 556 g/mol. The Morgan fingerprint density at radius 2 is 1.69 bits per heavy atom. The van der Waals surface area contributed by atoms with Gasteiger partial charge in [0.05, 0.1) is 11.3 Å². The van der Waals surface area contributed by atoms with Gasteiger partial charge in [-0.05, 0) is 49.7 Å². The van der Waals surface area contributed by atoms with Gasteiger partial charge in [0, 0.05) is 69.8 Å².